The minimum absolute atomic E-state index is 0.133. The first kappa shape index (κ1) is 17.8. The smallest absolute Gasteiger partial charge is 0.271 e. The maximum Gasteiger partial charge on any atom is 0.271 e. The SMILES string of the molecule is CCn1c(C(=O)N(C2CC2)C2CC2)cc2c3c(ncn3C)c(Nc3ncns3)nc21. The third kappa shape index (κ3) is 2.70. The van der Waals surface area contributed by atoms with Gasteiger partial charge in [0.2, 0.25) is 5.13 Å². The number of pyridine rings is 1. The molecule has 0 radical (unpaired) electrons. The number of rotatable bonds is 6. The first-order chi connectivity index (χ1) is 14.7. The number of hydrogen-bond donors (Lipinski definition) is 1. The molecule has 6 rings (SSSR count). The van der Waals surface area contributed by atoms with Gasteiger partial charge in [-0.15, -0.1) is 0 Å². The molecule has 2 fully saturated rings. The molecule has 9 nitrogen and oxygen atoms in total. The van der Waals surface area contributed by atoms with Crippen LogP contribution in [0.15, 0.2) is 18.7 Å². The Balaban J connectivity index is 1.54. The van der Waals surface area contributed by atoms with Crippen molar-refractivity contribution in [2.75, 3.05) is 5.32 Å². The van der Waals surface area contributed by atoms with Crippen LogP contribution in [0.5, 0.6) is 0 Å². The van der Waals surface area contributed by atoms with Gasteiger partial charge in [0.05, 0.1) is 11.8 Å². The zero-order valence-electron chi connectivity index (χ0n) is 16.9. The second-order valence-electron chi connectivity index (χ2n) is 8.07. The molecule has 1 N–H and O–H groups in total. The number of nitrogens with zero attached hydrogens (tertiary/aromatic N) is 7. The van der Waals surface area contributed by atoms with Gasteiger partial charge in [0.1, 0.15) is 23.2 Å². The predicted octanol–water partition coefficient (Wildman–Crippen LogP) is 3.31. The lowest BCUT2D eigenvalue weighted by molar-refractivity contribution is 0.0719. The van der Waals surface area contributed by atoms with Crippen molar-refractivity contribution >= 4 is 50.5 Å². The summed E-state index contributed by atoms with van der Waals surface area (Å²) >= 11 is 1.27. The van der Waals surface area contributed by atoms with Gasteiger partial charge < -0.3 is 19.4 Å². The van der Waals surface area contributed by atoms with Gasteiger partial charge in [-0.05, 0) is 38.7 Å². The van der Waals surface area contributed by atoms with Crippen LogP contribution in [0.3, 0.4) is 0 Å². The molecular formula is C20H22N8OS. The molecule has 0 bridgehead atoms. The summed E-state index contributed by atoms with van der Waals surface area (Å²) in [5.74, 6) is 0.761. The van der Waals surface area contributed by atoms with Gasteiger partial charge in [0.15, 0.2) is 5.82 Å². The average molecular weight is 423 g/mol. The Morgan fingerprint density at radius 1 is 1.27 bits per heavy atom. The Bertz CT molecular complexity index is 1250. The van der Waals surface area contributed by atoms with Gasteiger partial charge in [0.25, 0.3) is 5.91 Å². The van der Waals surface area contributed by atoms with Gasteiger partial charge in [-0.25, -0.2) is 15.0 Å². The third-order valence-corrected chi connectivity index (χ3v) is 6.52. The Labute approximate surface area is 176 Å². The van der Waals surface area contributed by atoms with Gasteiger partial charge >= 0.3 is 0 Å². The summed E-state index contributed by atoms with van der Waals surface area (Å²) < 4.78 is 8.07. The molecule has 1 amide bonds. The Morgan fingerprint density at radius 3 is 2.67 bits per heavy atom. The molecule has 0 saturated heterocycles. The van der Waals surface area contributed by atoms with E-state index >= 15 is 0 Å². The highest BCUT2D eigenvalue weighted by atomic mass is 32.1. The minimum Gasteiger partial charge on any atom is -0.333 e. The monoisotopic (exact) mass is 422 g/mol. The van der Waals surface area contributed by atoms with Gasteiger partial charge in [-0.3, -0.25) is 4.79 Å². The van der Waals surface area contributed by atoms with Crippen LogP contribution >= 0.6 is 11.5 Å². The molecule has 0 unspecified atom stereocenters. The van der Waals surface area contributed by atoms with E-state index in [-0.39, 0.29) is 5.91 Å². The molecule has 4 heterocycles. The molecule has 2 aliphatic carbocycles. The van der Waals surface area contributed by atoms with Crippen molar-refractivity contribution in [3.8, 4) is 0 Å². The van der Waals surface area contributed by atoms with Crippen LogP contribution < -0.4 is 5.32 Å². The molecular weight excluding hydrogens is 400 g/mol. The molecule has 0 aliphatic heterocycles. The number of carbonyl (C=O) groups is 1. The molecule has 4 aromatic rings. The first-order valence-corrected chi connectivity index (χ1v) is 11.1. The van der Waals surface area contributed by atoms with Crippen LogP contribution in [0.2, 0.25) is 0 Å². The lowest BCUT2D eigenvalue weighted by atomic mass is 10.2. The fourth-order valence-electron chi connectivity index (χ4n) is 4.29. The molecule has 2 saturated carbocycles. The molecule has 4 aromatic heterocycles. The molecule has 0 aromatic carbocycles. The minimum atomic E-state index is 0.133. The number of nitrogens with one attached hydrogen (secondary N) is 1. The molecule has 0 spiro atoms. The predicted molar refractivity (Wildman–Crippen MR) is 115 cm³/mol. The number of imidazole rings is 1. The first-order valence-electron chi connectivity index (χ1n) is 10.4. The van der Waals surface area contributed by atoms with Crippen molar-refractivity contribution in [2.24, 2.45) is 7.05 Å². The van der Waals surface area contributed by atoms with Crippen LogP contribution in [-0.2, 0) is 13.6 Å². The number of amides is 1. The van der Waals surface area contributed by atoms with E-state index in [0.29, 0.717) is 29.6 Å². The van der Waals surface area contributed by atoms with Crippen molar-refractivity contribution in [1.29, 1.82) is 0 Å². The summed E-state index contributed by atoms with van der Waals surface area (Å²) in [7, 11) is 1.97. The number of aryl methyl sites for hydroxylation is 2. The van der Waals surface area contributed by atoms with Crippen molar-refractivity contribution in [3.05, 3.63) is 24.4 Å². The molecule has 0 atom stereocenters. The average Bonchev–Trinajstić information content (AvgIpc) is 3.63. The number of hydrogen-bond acceptors (Lipinski definition) is 7. The summed E-state index contributed by atoms with van der Waals surface area (Å²) in [6.45, 7) is 2.73. The highest BCUT2D eigenvalue weighted by Gasteiger charge is 2.43. The molecule has 10 heteroatoms. The Hall–Kier alpha value is -3.01. The summed E-state index contributed by atoms with van der Waals surface area (Å²) in [6.07, 6.45) is 7.77. The van der Waals surface area contributed by atoms with Crippen molar-refractivity contribution in [3.63, 3.8) is 0 Å². The quantitative estimate of drug-likeness (QED) is 0.512. The van der Waals surface area contributed by atoms with E-state index < -0.39 is 0 Å². The summed E-state index contributed by atoms with van der Waals surface area (Å²) in [5, 5.41) is 4.86. The van der Waals surface area contributed by atoms with Gasteiger partial charge in [-0.2, -0.15) is 4.37 Å². The van der Waals surface area contributed by atoms with Gasteiger partial charge in [0, 0.05) is 42.6 Å². The van der Waals surface area contributed by atoms with E-state index in [0.717, 1.165) is 53.4 Å². The van der Waals surface area contributed by atoms with Crippen LogP contribution in [0.4, 0.5) is 10.9 Å². The number of aromatic nitrogens is 6. The second kappa shape index (κ2) is 6.49. The van der Waals surface area contributed by atoms with E-state index in [1.54, 1.807) is 6.33 Å². The number of carbonyl (C=O) groups excluding carboxylic acids is 1. The maximum absolute atomic E-state index is 13.6. The van der Waals surface area contributed by atoms with E-state index in [9.17, 15) is 4.79 Å². The number of anilines is 2. The van der Waals surface area contributed by atoms with Crippen LogP contribution in [0, 0.1) is 0 Å². The van der Waals surface area contributed by atoms with E-state index in [4.69, 9.17) is 4.98 Å². The zero-order chi connectivity index (χ0) is 20.4. The number of fused-ring (bicyclic) bond motifs is 3. The summed E-state index contributed by atoms with van der Waals surface area (Å²) in [6, 6.07) is 2.82. The Morgan fingerprint density at radius 2 is 2.03 bits per heavy atom. The lowest BCUT2D eigenvalue weighted by Gasteiger charge is -2.22. The van der Waals surface area contributed by atoms with Gasteiger partial charge in [-0.1, -0.05) is 0 Å². The highest BCUT2D eigenvalue weighted by Crippen LogP contribution is 2.39. The summed E-state index contributed by atoms with van der Waals surface area (Å²) in [4.78, 5) is 29.4. The third-order valence-electron chi connectivity index (χ3n) is 5.94. The van der Waals surface area contributed by atoms with E-state index in [1.165, 1.54) is 17.9 Å². The van der Waals surface area contributed by atoms with E-state index in [2.05, 4.69) is 31.5 Å². The standard InChI is InChI=1S/C20H22N8OS/c1-3-27-14(19(29)28(11-4-5-11)12-6-7-12)8-13-16-15(22-10-26(16)2)17(24-18(13)27)25-20-21-9-23-30-20/h8-12H,3-7H2,1-2H3,(H,21,23,24,25). The Kier molecular flexibility index (Phi) is 3.86. The van der Waals surface area contributed by atoms with E-state index in [1.807, 2.05) is 22.2 Å². The second-order valence-corrected chi connectivity index (χ2v) is 8.85. The van der Waals surface area contributed by atoms with Crippen LogP contribution in [0.1, 0.15) is 43.1 Å². The van der Waals surface area contributed by atoms with Crippen molar-refractivity contribution < 1.29 is 4.79 Å². The zero-order valence-corrected chi connectivity index (χ0v) is 17.7. The van der Waals surface area contributed by atoms with Crippen LogP contribution in [0.25, 0.3) is 22.1 Å². The topological polar surface area (TPSA) is 93.8 Å². The maximum atomic E-state index is 13.6. The molecule has 154 valence electrons. The highest BCUT2D eigenvalue weighted by molar-refractivity contribution is 7.09. The lowest BCUT2D eigenvalue weighted by Crippen LogP contribution is -2.36. The fourth-order valence-corrected chi connectivity index (χ4v) is 4.73. The summed E-state index contributed by atoms with van der Waals surface area (Å²) in [5.41, 5.74) is 3.22. The fraction of sp³-hybridized carbons (Fsp3) is 0.450. The van der Waals surface area contributed by atoms with Crippen molar-refractivity contribution in [2.45, 2.75) is 51.2 Å². The van der Waals surface area contributed by atoms with Crippen LogP contribution in [-0.4, -0.2) is 51.4 Å². The normalized spacial score (nSPS) is 16.5. The van der Waals surface area contributed by atoms with Crippen molar-refractivity contribution in [1.82, 2.24) is 33.4 Å². The largest absolute Gasteiger partial charge is 0.333 e. The molecule has 2 aliphatic rings. The molecule has 30 heavy (non-hydrogen) atoms.